The highest BCUT2D eigenvalue weighted by Gasteiger charge is 2.36. The van der Waals surface area contributed by atoms with Crippen LogP contribution in [0.15, 0.2) is 63.9 Å². The zero-order valence-corrected chi connectivity index (χ0v) is 11.5. The Morgan fingerprint density at radius 2 is 1.55 bits per heavy atom. The Hall–Kier alpha value is -1.75. The average molecular weight is 295 g/mol. The van der Waals surface area contributed by atoms with Gasteiger partial charge in [-0.25, -0.2) is 4.40 Å². The monoisotopic (exact) mass is 295 g/mol. The minimum Gasteiger partial charge on any atom is -0.206 e. The van der Waals surface area contributed by atoms with E-state index < -0.39 is 11.9 Å². The third kappa shape index (κ3) is 3.87. The number of aryl methyl sites for hydroxylation is 1. The first-order chi connectivity index (χ1) is 9.47. The van der Waals surface area contributed by atoms with E-state index in [9.17, 15) is 13.2 Å². The summed E-state index contributed by atoms with van der Waals surface area (Å²) in [5, 5.41) is 0. The molecule has 0 radical (unpaired) electrons. The van der Waals surface area contributed by atoms with Gasteiger partial charge in [-0.1, -0.05) is 48.0 Å². The predicted octanol–water partition coefficient (Wildman–Crippen LogP) is 5.05. The molecule has 2 aromatic rings. The lowest BCUT2D eigenvalue weighted by Crippen LogP contribution is -2.23. The van der Waals surface area contributed by atoms with Crippen LogP contribution in [0.1, 0.15) is 11.1 Å². The maximum absolute atomic E-state index is 13.0. The molecule has 0 heterocycles. The second kappa shape index (κ2) is 6.13. The molecule has 0 unspecified atom stereocenters. The summed E-state index contributed by atoms with van der Waals surface area (Å²) < 4.78 is 42.8. The molecule has 0 aromatic heterocycles. The van der Waals surface area contributed by atoms with E-state index in [0.29, 0.717) is 4.90 Å². The van der Waals surface area contributed by atoms with Gasteiger partial charge in [0.2, 0.25) is 0 Å². The molecular formula is C15H12F3NS. The lowest BCUT2D eigenvalue weighted by molar-refractivity contribution is -0.0578. The van der Waals surface area contributed by atoms with Gasteiger partial charge < -0.3 is 0 Å². The molecule has 1 nitrogen and oxygen atoms in total. The number of halogens is 3. The summed E-state index contributed by atoms with van der Waals surface area (Å²) in [5.41, 5.74) is 0.251. The molecule has 0 aliphatic rings. The second-order valence-electron chi connectivity index (χ2n) is 4.21. The summed E-state index contributed by atoms with van der Waals surface area (Å²) in [7, 11) is 0. The summed E-state index contributed by atoms with van der Waals surface area (Å²) >= 11 is 0.827. The Labute approximate surface area is 119 Å². The van der Waals surface area contributed by atoms with E-state index >= 15 is 0 Å². The van der Waals surface area contributed by atoms with Crippen LogP contribution in [0.25, 0.3) is 0 Å². The molecule has 0 saturated heterocycles. The molecule has 0 spiro atoms. The standard InChI is InChI=1S/C15H12F3NS/c1-11-7-9-13(10-8-11)20-19-14(15(16,17)18)12-5-3-2-4-6-12/h2-10H,1H3/b19-14+. The molecule has 0 aliphatic heterocycles. The van der Waals surface area contributed by atoms with Gasteiger partial charge in [-0.05, 0) is 19.1 Å². The number of alkyl halides is 3. The maximum Gasteiger partial charge on any atom is 0.434 e. The molecule has 0 atom stereocenters. The number of nitrogens with zero attached hydrogens (tertiary/aromatic N) is 1. The van der Waals surface area contributed by atoms with E-state index in [4.69, 9.17) is 0 Å². The minimum absolute atomic E-state index is 0.0691. The molecule has 0 N–H and O–H groups in total. The number of hydrogen-bond acceptors (Lipinski definition) is 2. The molecule has 0 aliphatic carbocycles. The minimum atomic E-state index is -4.47. The molecular weight excluding hydrogens is 283 g/mol. The van der Waals surface area contributed by atoms with E-state index in [0.717, 1.165) is 17.5 Å². The highest BCUT2D eigenvalue weighted by molar-refractivity contribution is 7.98. The lowest BCUT2D eigenvalue weighted by Gasteiger charge is -2.10. The van der Waals surface area contributed by atoms with Crippen molar-refractivity contribution < 1.29 is 13.2 Å². The quantitative estimate of drug-likeness (QED) is 0.570. The van der Waals surface area contributed by atoms with Gasteiger partial charge in [0.15, 0.2) is 5.71 Å². The maximum atomic E-state index is 13.0. The lowest BCUT2D eigenvalue weighted by atomic mass is 10.1. The number of rotatable bonds is 3. The Morgan fingerprint density at radius 1 is 0.950 bits per heavy atom. The van der Waals surface area contributed by atoms with Crippen molar-refractivity contribution in [3.63, 3.8) is 0 Å². The van der Waals surface area contributed by atoms with Crippen molar-refractivity contribution in [3.05, 3.63) is 65.7 Å². The van der Waals surface area contributed by atoms with Gasteiger partial charge in [0.05, 0.1) is 0 Å². The first kappa shape index (κ1) is 14.7. The van der Waals surface area contributed by atoms with Crippen LogP contribution in [0.3, 0.4) is 0 Å². The first-order valence-corrected chi connectivity index (χ1v) is 6.68. The number of hydrogen-bond donors (Lipinski definition) is 0. The van der Waals surface area contributed by atoms with Crippen molar-refractivity contribution in [2.45, 2.75) is 18.0 Å². The smallest absolute Gasteiger partial charge is 0.206 e. The predicted molar refractivity (Wildman–Crippen MR) is 76.1 cm³/mol. The van der Waals surface area contributed by atoms with Gasteiger partial charge in [-0.15, -0.1) is 0 Å². The SMILES string of the molecule is Cc1ccc(S/N=C(\c2ccccc2)C(F)(F)F)cc1. The Bertz CT molecular complexity index is 589. The molecule has 0 bridgehead atoms. The fraction of sp³-hybridized carbons (Fsp3) is 0.133. The van der Waals surface area contributed by atoms with Crippen molar-refractivity contribution in [1.82, 2.24) is 0 Å². The first-order valence-electron chi connectivity index (χ1n) is 5.91. The topological polar surface area (TPSA) is 12.4 Å². The van der Waals surface area contributed by atoms with Crippen LogP contribution in [-0.2, 0) is 0 Å². The molecule has 0 saturated carbocycles. The summed E-state index contributed by atoms with van der Waals surface area (Å²) in [6.07, 6.45) is -4.47. The normalized spacial score (nSPS) is 12.5. The molecule has 104 valence electrons. The fourth-order valence-electron chi connectivity index (χ4n) is 1.56. The van der Waals surface area contributed by atoms with Crippen molar-refractivity contribution in [2.75, 3.05) is 0 Å². The summed E-state index contributed by atoms with van der Waals surface area (Å²) in [6.45, 7) is 1.92. The van der Waals surface area contributed by atoms with Crippen LogP contribution in [0, 0.1) is 6.92 Å². The van der Waals surface area contributed by atoms with Gasteiger partial charge in [-0.2, -0.15) is 13.2 Å². The Kier molecular flexibility index (Phi) is 4.49. The molecule has 2 aromatic carbocycles. The summed E-state index contributed by atoms with van der Waals surface area (Å²) in [6, 6.07) is 14.8. The van der Waals surface area contributed by atoms with Crippen molar-refractivity contribution >= 4 is 17.7 Å². The highest BCUT2D eigenvalue weighted by atomic mass is 32.2. The van der Waals surface area contributed by atoms with E-state index in [-0.39, 0.29) is 5.56 Å². The van der Waals surface area contributed by atoms with Crippen molar-refractivity contribution in [2.24, 2.45) is 4.40 Å². The summed E-state index contributed by atoms with van der Waals surface area (Å²) in [4.78, 5) is 0.674. The van der Waals surface area contributed by atoms with Crippen LogP contribution in [0.5, 0.6) is 0 Å². The average Bonchev–Trinajstić information content (AvgIpc) is 2.41. The Morgan fingerprint density at radius 3 is 2.10 bits per heavy atom. The van der Waals surface area contributed by atoms with E-state index in [2.05, 4.69) is 4.40 Å². The molecule has 0 amide bonds. The van der Waals surface area contributed by atoms with E-state index in [1.807, 2.05) is 19.1 Å². The molecule has 0 fully saturated rings. The number of benzene rings is 2. The third-order valence-corrected chi connectivity index (χ3v) is 3.34. The van der Waals surface area contributed by atoms with Crippen molar-refractivity contribution in [1.29, 1.82) is 0 Å². The van der Waals surface area contributed by atoms with E-state index in [1.54, 1.807) is 30.3 Å². The second-order valence-corrected chi connectivity index (χ2v) is 5.04. The largest absolute Gasteiger partial charge is 0.434 e. The van der Waals surface area contributed by atoms with Gasteiger partial charge >= 0.3 is 6.18 Å². The zero-order chi connectivity index (χ0) is 14.6. The van der Waals surface area contributed by atoms with Gasteiger partial charge in [0, 0.05) is 22.4 Å². The van der Waals surface area contributed by atoms with Crippen LogP contribution < -0.4 is 0 Å². The third-order valence-electron chi connectivity index (χ3n) is 2.58. The van der Waals surface area contributed by atoms with Gasteiger partial charge in [0.25, 0.3) is 0 Å². The van der Waals surface area contributed by atoms with Crippen LogP contribution in [-0.4, -0.2) is 11.9 Å². The highest BCUT2D eigenvalue weighted by Crippen LogP contribution is 2.27. The Balaban J connectivity index is 2.28. The zero-order valence-electron chi connectivity index (χ0n) is 10.7. The van der Waals surface area contributed by atoms with Gasteiger partial charge in [-0.3, -0.25) is 0 Å². The fourth-order valence-corrected chi connectivity index (χ4v) is 2.23. The van der Waals surface area contributed by atoms with Crippen LogP contribution in [0.2, 0.25) is 0 Å². The van der Waals surface area contributed by atoms with Crippen LogP contribution in [0.4, 0.5) is 13.2 Å². The van der Waals surface area contributed by atoms with Crippen LogP contribution >= 0.6 is 11.9 Å². The molecule has 2 rings (SSSR count). The summed E-state index contributed by atoms with van der Waals surface area (Å²) in [5.74, 6) is 0. The molecule has 5 heteroatoms. The molecule has 20 heavy (non-hydrogen) atoms. The van der Waals surface area contributed by atoms with Gasteiger partial charge in [0.1, 0.15) is 0 Å². The van der Waals surface area contributed by atoms with Crippen molar-refractivity contribution in [3.8, 4) is 0 Å². The van der Waals surface area contributed by atoms with E-state index in [1.165, 1.54) is 12.1 Å².